The summed E-state index contributed by atoms with van der Waals surface area (Å²) < 4.78 is 10.7. The SMILES string of the molecule is Cc1cccc(OCCN(C)C(=O)Cc2csc(NC(=O)c3ccco3)n2)c1. The lowest BCUT2D eigenvalue weighted by atomic mass is 10.2. The van der Waals surface area contributed by atoms with Gasteiger partial charge in [-0.2, -0.15) is 0 Å². The highest BCUT2D eigenvalue weighted by Gasteiger charge is 2.15. The highest BCUT2D eigenvalue weighted by molar-refractivity contribution is 7.14. The third-order valence-electron chi connectivity index (χ3n) is 3.96. The number of thiazole rings is 1. The normalized spacial score (nSPS) is 10.5. The average Bonchev–Trinajstić information content (AvgIpc) is 3.34. The number of carbonyl (C=O) groups is 2. The minimum atomic E-state index is -0.373. The predicted molar refractivity (Wildman–Crippen MR) is 107 cm³/mol. The summed E-state index contributed by atoms with van der Waals surface area (Å²) in [5, 5.41) is 4.84. The zero-order valence-corrected chi connectivity index (χ0v) is 16.5. The minimum Gasteiger partial charge on any atom is -0.492 e. The third-order valence-corrected chi connectivity index (χ3v) is 4.77. The van der Waals surface area contributed by atoms with Gasteiger partial charge in [0.05, 0.1) is 24.9 Å². The van der Waals surface area contributed by atoms with Gasteiger partial charge in [0.1, 0.15) is 12.4 Å². The Labute approximate surface area is 167 Å². The van der Waals surface area contributed by atoms with E-state index in [-0.39, 0.29) is 24.0 Å². The lowest BCUT2D eigenvalue weighted by Crippen LogP contribution is -2.32. The van der Waals surface area contributed by atoms with Crippen molar-refractivity contribution >= 4 is 28.3 Å². The van der Waals surface area contributed by atoms with Gasteiger partial charge >= 0.3 is 0 Å². The van der Waals surface area contributed by atoms with Gasteiger partial charge in [-0.1, -0.05) is 12.1 Å². The minimum absolute atomic E-state index is 0.0675. The second kappa shape index (κ2) is 9.18. The van der Waals surface area contributed by atoms with Crippen molar-refractivity contribution in [1.82, 2.24) is 9.88 Å². The molecule has 0 aliphatic carbocycles. The number of anilines is 1. The number of carbonyl (C=O) groups excluding carboxylic acids is 2. The van der Waals surface area contributed by atoms with Gasteiger partial charge in [0, 0.05) is 12.4 Å². The van der Waals surface area contributed by atoms with E-state index in [9.17, 15) is 9.59 Å². The highest BCUT2D eigenvalue weighted by atomic mass is 32.1. The van der Waals surface area contributed by atoms with E-state index in [2.05, 4.69) is 10.3 Å². The first-order valence-corrected chi connectivity index (χ1v) is 9.62. The molecule has 0 unspecified atom stereocenters. The number of aryl methyl sites for hydroxylation is 1. The Kier molecular flexibility index (Phi) is 6.44. The van der Waals surface area contributed by atoms with Crippen LogP contribution in [0.1, 0.15) is 21.8 Å². The smallest absolute Gasteiger partial charge is 0.293 e. The summed E-state index contributed by atoms with van der Waals surface area (Å²) in [6, 6.07) is 11.0. The molecule has 8 heteroatoms. The standard InChI is InChI=1S/C20H21N3O4S/c1-14-5-3-6-16(11-14)26-10-8-23(2)18(24)12-15-13-28-20(21-15)22-19(25)17-7-4-9-27-17/h3-7,9,11,13H,8,10,12H2,1-2H3,(H,21,22,25). The molecule has 3 rings (SSSR count). The first-order valence-electron chi connectivity index (χ1n) is 8.74. The Bertz CT molecular complexity index is 937. The number of nitrogens with zero attached hydrogens (tertiary/aromatic N) is 2. The van der Waals surface area contributed by atoms with Crippen molar-refractivity contribution in [2.24, 2.45) is 0 Å². The number of benzene rings is 1. The van der Waals surface area contributed by atoms with E-state index in [1.807, 2.05) is 31.2 Å². The van der Waals surface area contributed by atoms with Crippen molar-refractivity contribution in [3.63, 3.8) is 0 Å². The van der Waals surface area contributed by atoms with Gasteiger partial charge in [-0.15, -0.1) is 11.3 Å². The maximum atomic E-state index is 12.4. The Morgan fingerprint density at radius 3 is 2.89 bits per heavy atom. The molecule has 1 aromatic carbocycles. The second-order valence-electron chi connectivity index (χ2n) is 6.23. The van der Waals surface area contributed by atoms with Crippen LogP contribution in [-0.2, 0) is 11.2 Å². The van der Waals surface area contributed by atoms with Crippen LogP contribution in [0.25, 0.3) is 0 Å². The molecule has 0 aliphatic heterocycles. The molecule has 2 amide bonds. The van der Waals surface area contributed by atoms with Gasteiger partial charge in [0.25, 0.3) is 5.91 Å². The van der Waals surface area contributed by atoms with E-state index < -0.39 is 0 Å². The van der Waals surface area contributed by atoms with Crippen LogP contribution in [0, 0.1) is 6.92 Å². The van der Waals surface area contributed by atoms with Crippen LogP contribution in [0.2, 0.25) is 0 Å². The van der Waals surface area contributed by atoms with Crippen LogP contribution in [0.3, 0.4) is 0 Å². The fourth-order valence-electron chi connectivity index (χ4n) is 2.43. The van der Waals surface area contributed by atoms with Crippen molar-refractivity contribution in [1.29, 1.82) is 0 Å². The summed E-state index contributed by atoms with van der Waals surface area (Å²) in [6.45, 7) is 2.88. The van der Waals surface area contributed by atoms with Crippen LogP contribution in [-0.4, -0.2) is 41.9 Å². The number of furan rings is 1. The molecule has 0 aliphatic rings. The van der Waals surface area contributed by atoms with E-state index in [0.29, 0.717) is 24.0 Å². The van der Waals surface area contributed by atoms with Crippen molar-refractivity contribution in [3.8, 4) is 5.75 Å². The fraction of sp³-hybridized carbons (Fsp3) is 0.250. The van der Waals surface area contributed by atoms with Crippen LogP contribution < -0.4 is 10.1 Å². The molecular formula is C20H21N3O4S. The number of rotatable bonds is 8. The van der Waals surface area contributed by atoms with Crippen LogP contribution in [0.15, 0.2) is 52.5 Å². The Balaban J connectivity index is 1.45. The summed E-state index contributed by atoms with van der Waals surface area (Å²) in [5.74, 6) is 0.558. The predicted octanol–water partition coefficient (Wildman–Crippen LogP) is 3.38. The molecule has 2 heterocycles. The van der Waals surface area contributed by atoms with Crippen molar-refractivity contribution < 1.29 is 18.7 Å². The molecule has 0 fully saturated rings. The molecule has 0 saturated heterocycles. The summed E-state index contributed by atoms with van der Waals surface area (Å²) in [4.78, 5) is 30.2. The molecule has 28 heavy (non-hydrogen) atoms. The Hall–Kier alpha value is -3.13. The summed E-state index contributed by atoms with van der Waals surface area (Å²) in [7, 11) is 1.73. The molecule has 3 aromatic rings. The molecule has 0 saturated carbocycles. The quantitative estimate of drug-likeness (QED) is 0.628. The van der Waals surface area contributed by atoms with Crippen LogP contribution in [0.5, 0.6) is 5.75 Å². The van der Waals surface area contributed by atoms with Crippen molar-refractivity contribution in [2.45, 2.75) is 13.3 Å². The molecule has 1 N–H and O–H groups in total. The van der Waals surface area contributed by atoms with E-state index in [1.165, 1.54) is 17.6 Å². The average molecular weight is 399 g/mol. The lowest BCUT2D eigenvalue weighted by molar-refractivity contribution is -0.129. The summed E-state index contributed by atoms with van der Waals surface area (Å²) in [6.07, 6.45) is 1.59. The maximum Gasteiger partial charge on any atom is 0.293 e. The molecule has 7 nitrogen and oxygen atoms in total. The second-order valence-corrected chi connectivity index (χ2v) is 7.09. The number of hydrogen-bond donors (Lipinski definition) is 1. The van der Waals surface area contributed by atoms with Gasteiger partial charge in [0.15, 0.2) is 10.9 Å². The number of nitrogens with one attached hydrogen (secondary N) is 1. The van der Waals surface area contributed by atoms with Crippen LogP contribution >= 0.6 is 11.3 Å². The Morgan fingerprint density at radius 1 is 1.29 bits per heavy atom. The molecule has 0 bridgehead atoms. The molecular weight excluding hydrogens is 378 g/mol. The van der Waals surface area contributed by atoms with Gasteiger partial charge in [-0.3, -0.25) is 14.9 Å². The van der Waals surface area contributed by atoms with E-state index >= 15 is 0 Å². The number of ether oxygens (including phenoxy) is 1. The van der Waals surface area contributed by atoms with Gasteiger partial charge < -0.3 is 14.1 Å². The van der Waals surface area contributed by atoms with Gasteiger partial charge in [0.2, 0.25) is 5.91 Å². The maximum absolute atomic E-state index is 12.4. The largest absolute Gasteiger partial charge is 0.492 e. The lowest BCUT2D eigenvalue weighted by Gasteiger charge is -2.17. The summed E-state index contributed by atoms with van der Waals surface area (Å²) >= 11 is 1.27. The molecule has 0 radical (unpaired) electrons. The summed E-state index contributed by atoms with van der Waals surface area (Å²) in [5.41, 5.74) is 1.73. The van der Waals surface area contributed by atoms with Gasteiger partial charge in [-0.05, 0) is 36.8 Å². The zero-order chi connectivity index (χ0) is 19.9. The number of aromatic nitrogens is 1. The topological polar surface area (TPSA) is 84.7 Å². The van der Waals surface area contributed by atoms with E-state index in [4.69, 9.17) is 9.15 Å². The fourth-order valence-corrected chi connectivity index (χ4v) is 3.14. The number of amides is 2. The highest BCUT2D eigenvalue weighted by Crippen LogP contribution is 2.17. The number of hydrogen-bond acceptors (Lipinski definition) is 6. The molecule has 2 aromatic heterocycles. The molecule has 0 atom stereocenters. The van der Waals surface area contributed by atoms with Crippen molar-refractivity contribution in [2.75, 3.05) is 25.5 Å². The monoisotopic (exact) mass is 399 g/mol. The van der Waals surface area contributed by atoms with Crippen LogP contribution in [0.4, 0.5) is 5.13 Å². The number of likely N-dealkylation sites (N-methyl/N-ethyl adjacent to an activating group) is 1. The first kappa shape index (κ1) is 19.6. The van der Waals surface area contributed by atoms with E-state index in [1.54, 1.807) is 29.5 Å². The van der Waals surface area contributed by atoms with Crippen molar-refractivity contribution in [3.05, 3.63) is 65.1 Å². The third kappa shape index (κ3) is 5.43. The zero-order valence-electron chi connectivity index (χ0n) is 15.7. The molecule has 0 spiro atoms. The Morgan fingerprint density at radius 2 is 2.14 bits per heavy atom. The first-order chi connectivity index (χ1) is 13.5. The van der Waals surface area contributed by atoms with Gasteiger partial charge in [-0.25, -0.2) is 4.98 Å². The molecule has 146 valence electrons. The van der Waals surface area contributed by atoms with E-state index in [0.717, 1.165) is 11.3 Å².